The molecule has 11 nitrogen and oxygen atoms in total. The van der Waals surface area contributed by atoms with Crippen molar-refractivity contribution in [2.45, 2.75) is 89.6 Å². The molecule has 1 aliphatic heterocycles. The van der Waals surface area contributed by atoms with E-state index in [1.165, 1.54) is 13.2 Å². The normalized spacial score (nSPS) is 15.5. The maximum atomic E-state index is 14.3. The Bertz CT molecular complexity index is 1750. The number of urea groups is 1. The van der Waals surface area contributed by atoms with Crippen molar-refractivity contribution in [1.29, 1.82) is 0 Å². The molecular weight excluding hydrogens is 669 g/mol. The molecule has 3 N–H and O–H groups in total. The predicted octanol–water partition coefficient (Wildman–Crippen LogP) is 7.31. The van der Waals surface area contributed by atoms with Crippen molar-refractivity contribution >= 4 is 44.8 Å². The SMILES string of the molecule is CCCCC1(CCCC)CN(c2ccc(NC(=O)NC(C)(C)C)cc2)c2ccc(OCC(=O)N[C@@H](C(=O)OC)c3ccccc3)cc2S(=O)(=O)C1. The van der Waals surface area contributed by atoms with Gasteiger partial charge in [0.2, 0.25) is 0 Å². The summed E-state index contributed by atoms with van der Waals surface area (Å²) >= 11 is 0. The van der Waals surface area contributed by atoms with Gasteiger partial charge in [-0.3, -0.25) is 4.79 Å². The van der Waals surface area contributed by atoms with Crippen LogP contribution in [0.3, 0.4) is 0 Å². The van der Waals surface area contributed by atoms with Gasteiger partial charge in [-0.2, -0.15) is 0 Å². The summed E-state index contributed by atoms with van der Waals surface area (Å²) in [4.78, 5) is 40.1. The molecule has 3 aromatic rings. The Balaban J connectivity index is 1.66. The number of rotatable bonds is 14. The molecule has 0 radical (unpaired) electrons. The third-order valence-electron chi connectivity index (χ3n) is 8.84. The fourth-order valence-corrected chi connectivity index (χ4v) is 8.52. The van der Waals surface area contributed by atoms with Crippen LogP contribution in [-0.4, -0.2) is 57.9 Å². The third-order valence-corrected chi connectivity index (χ3v) is 10.8. The van der Waals surface area contributed by atoms with Gasteiger partial charge in [0.1, 0.15) is 5.75 Å². The first kappa shape index (κ1) is 39.2. The number of carbonyl (C=O) groups excluding carboxylic acids is 3. The van der Waals surface area contributed by atoms with Crippen LogP contribution in [0, 0.1) is 5.41 Å². The molecular formula is C39H52N4O7S. The van der Waals surface area contributed by atoms with Crippen molar-refractivity contribution in [2.24, 2.45) is 5.41 Å². The van der Waals surface area contributed by atoms with Gasteiger partial charge in [0.05, 0.1) is 23.4 Å². The summed E-state index contributed by atoms with van der Waals surface area (Å²) in [5.41, 5.74) is 1.56. The van der Waals surface area contributed by atoms with E-state index in [-0.39, 0.29) is 22.4 Å². The molecule has 3 aromatic carbocycles. The summed E-state index contributed by atoms with van der Waals surface area (Å²) in [6, 6.07) is 19.6. The molecule has 1 heterocycles. The number of benzene rings is 3. The number of nitrogens with zero attached hydrogens (tertiary/aromatic N) is 1. The molecule has 1 atom stereocenters. The predicted molar refractivity (Wildman–Crippen MR) is 200 cm³/mol. The van der Waals surface area contributed by atoms with Gasteiger partial charge in [-0.05, 0) is 75.6 Å². The average Bonchev–Trinajstić information content (AvgIpc) is 3.19. The van der Waals surface area contributed by atoms with E-state index < -0.39 is 45.3 Å². The second-order valence-electron chi connectivity index (χ2n) is 14.3. The number of fused-ring (bicyclic) bond motifs is 1. The van der Waals surface area contributed by atoms with Gasteiger partial charge in [-0.25, -0.2) is 18.0 Å². The van der Waals surface area contributed by atoms with Gasteiger partial charge < -0.3 is 30.3 Å². The number of nitrogens with one attached hydrogen (secondary N) is 3. The van der Waals surface area contributed by atoms with E-state index in [0.29, 0.717) is 23.5 Å². The highest BCUT2D eigenvalue weighted by Crippen LogP contribution is 2.46. The van der Waals surface area contributed by atoms with Gasteiger partial charge >= 0.3 is 12.0 Å². The molecule has 0 bridgehead atoms. The zero-order chi connectivity index (χ0) is 37.2. The lowest BCUT2D eigenvalue weighted by molar-refractivity contribution is -0.145. The van der Waals surface area contributed by atoms with Gasteiger partial charge in [0, 0.05) is 34.9 Å². The maximum absolute atomic E-state index is 14.3. The van der Waals surface area contributed by atoms with Crippen molar-refractivity contribution in [3.05, 3.63) is 78.4 Å². The highest BCUT2D eigenvalue weighted by molar-refractivity contribution is 7.91. The minimum atomic E-state index is -3.81. The van der Waals surface area contributed by atoms with E-state index in [4.69, 9.17) is 9.47 Å². The van der Waals surface area contributed by atoms with Crippen LogP contribution in [0.15, 0.2) is 77.7 Å². The number of sulfone groups is 1. The minimum absolute atomic E-state index is 0.0159. The summed E-state index contributed by atoms with van der Waals surface area (Å²) in [5.74, 6) is -1.01. The number of hydrogen-bond donors (Lipinski definition) is 3. The summed E-state index contributed by atoms with van der Waals surface area (Å²) in [6.45, 7) is 9.98. The standard InChI is InChI=1S/C39H52N4O7S/c1-7-9-22-39(23-10-8-2)26-43(30-18-16-29(17-19-30)40-37(46)42-38(3,4)5)32-21-20-31(24-33(32)51(47,48)27-39)50-25-34(44)41-35(36(45)49-6)28-14-12-11-13-15-28/h11-21,24,35H,7-10,22-23,25-27H2,1-6H3,(H,41,44)(H2,40,42,46)/t35-/m1/s1. The van der Waals surface area contributed by atoms with Crippen LogP contribution in [0.2, 0.25) is 0 Å². The number of anilines is 3. The molecule has 0 aliphatic carbocycles. The fraction of sp³-hybridized carbons (Fsp3) is 0.462. The Morgan fingerprint density at radius 3 is 2.16 bits per heavy atom. The second-order valence-corrected chi connectivity index (χ2v) is 16.2. The highest BCUT2D eigenvalue weighted by Gasteiger charge is 2.42. The summed E-state index contributed by atoms with van der Waals surface area (Å²) in [7, 11) is -2.56. The smallest absolute Gasteiger partial charge is 0.333 e. The zero-order valence-corrected chi connectivity index (χ0v) is 31.4. The molecule has 4 rings (SSSR count). The molecule has 3 amide bonds. The van der Waals surface area contributed by atoms with E-state index >= 15 is 0 Å². The number of methoxy groups -OCH3 is 1. The van der Waals surface area contributed by atoms with E-state index in [1.54, 1.807) is 42.5 Å². The molecule has 0 fully saturated rings. The molecule has 0 unspecified atom stereocenters. The first-order chi connectivity index (χ1) is 24.2. The lowest BCUT2D eigenvalue weighted by Crippen LogP contribution is -2.43. The third kappa shape index (κ3) is 10.7. The van der Waals surface area contributed by atoms with Gasteiger partial charge in [0.25, 0.3) is 5.91 Å². The van der Waals surface area contributed by atoms with Crippen molar-refractivity contribution in [1.82, 2.24) is 10.6 Å². The largest absolute Gasteiger partial charge is 0.484 e. The van der Waals surface area contributed by atoms with Crippen LogP contribution in [0.25, 0.3) is 0 Å². The van der Waals surface area contributed by atoms with E-state index in [2.05, 4.69) is 34.7 Å². The van der Waals surface area contributed by atoms with Crippen molar-refractivity contribution in [2.75, 3.05) is 36.2 Å². The van der Waals surface area contributed by atoms with Crippen molar-refractivity contribution < 1.29 is 32.3 Å². The van der Waals surface area contributed by atoms with Gasteiger partial charge in [0.15, 0.2) is 22.5 Å². The Hall–Kier alpha value is -4.58. The van der Waals surface area contributed by atoms with Crippen molar-refractivity contribution in [3.8, 4) is 5.75 Å². The molecule has 0 saturated carbocycles. The van der Waals surface area contributed by atoms with Crippen LogP contribution in [0.5, 0.6) is 5.75 Å². The monoisotopic (exact) mass is 720 g/mol. The molecule has 0 spiro atoms. The minimum Gasteiger partial charge on any atom is -0.484 e. The number of amides is 3. The second kappa shape index (κ2) is 17.1. The molecule has 1 aliphatic rings. The van der Waals surface area contributed by atoms with Gasteiger partial charge in [-0.1, -0.05) is 69.9 Å². The maximum Gasteiger partial charge on any atom is 0.333 e. The van der Waals surface area contributed by atoms with Crippen LogP contribution in [0.4, 0.5) is 21.9 Å². The Morgan fingerprint density at radius 2 is 1.57 bits per heavy atom. The van der Waals surface area contributed by atoms with Crippen molar-refractivity contribution in [3.63, 3.8) is 0 Å². The number of ether oxygens (including phenoxy) is 2. The topological polar surface area (TPSA) is 143 Å². The average molecular weight is 721 g/mol. The summed E-state index contributed by atoms with van der Waals surface area (Å²) < 4.78 is 39.4. The van der Waals surface area contributed by atoms with E-state index in [9.17, 15) is 22.8 Å². The number of esters is 1. The lowest BCUT2D eigenvalue weighted by atomic mass is 9.79. The van der Waals surface area contributed by atoms with Crippen LogP contribution in [0.1, 0.15) is 84.7 Å². The van der Waals surface area contributed by atoms with Gasteiger partial charge in [-0.15, -0.1) is 0 Å². The first-order valence-electron chi connectivity index (χ1n) is 17.6. The molecule has 276 valence electrons. The quantitative estimate of drug-likeness (QED) is 0.147. The molecule has 0 aromatic heterocycles. The fourth-order valence-electron chi connectivity index (χ4n) is 6.39. The first-order valence-corrected chi connectivity index (χ1v) is 19.2. The van der Waals surface area contributed by atoms with Crippen LogP contribution >= 0.6 is 0 Å². The lowest BCUT2D eigenvalue weighted by Gasteiger charge is -2.37. The summed E-state index contributed by atoms with van der Waals surface area (Å²) in [5, 5.41) is 8.41. The zero-order valence-electron chi connectivity index (χ0n) is 30.6. The Morgan fingerprint density at radius 1 is 0.922 bits per heavy atom. The number of hydrogen-bond acceptors (Lipinski definition) is 8. The molecule has 0 saturated heterocycles. The number of carbonyl (C=O) groups is 3. The summed E-state index contributed by atoms with van der Waals surface area (Å²) in [6.07, 6.45) is 5.19. The Kier molecular flexibility index (Phi) is 13.1. The Labute approximate surface area is 302 Å². The van der Waals surface area contributed by atoms with E-state index in [1.807, 2.05) is 45.0 Å². The molecule has 51 heavy (non-hydrogen) atoms. The number of unbranched alkanes of at least 4 members (excludes halogenated alkanes) is 2. The molecule has 12 heteroatoms. The van der Waals surface area contributed by atoms with Crippen LogP contribution < -0.4 is 25.6 Å². The van der Waals surface area contributed by atoms with E-state index in [0.717, 1.165) is 44.2 Å². The van der Waals surface area contributed by atoms with Crippen LogP contribution in [-0.2, 0) is 24.2 Å². The highest BCUT2D eigenvalue weighted by atomic mass is 32.2.